The van der Waals surface area contributed by atoms with E-state index in [1.54, 1.807) is 25.6 Å². The summed E-state index contributed by atoms with van der Waals surface area (Å²) in [5.41, 5.74) is 0. The standard InChI is InChI=1S/C6H8N2O.ClH/c1-9-5-6-7-3-2-4-8-6;/h2-4H,5H2,1H3;1H. The fraction of sp³-hybridized carbons (Fsp3) is 0.333. The molecule has 0 radical (unpaired) electrons. The van der Waals surface area contributed by atoms with E-state index in [9.17, 15) is 0 Å². The van der Waals surface area contributed by atoms with E-state index in [1.165, 1.54) is 0 Å². The van der Waals surface area contributed by atoms with Crippen LogP contribution in [0.3, 0.4) is 0 Å². The second kappa shape index (κ2) is 5.14. The Bertz CT molecular complexity index is 169. The largest absolute Gasteiger partial charge is 0.377 e. The van der Waals surface area contributed by atoms with E-state index in [0.29, 0.717) is 6.61 Å². The minimum atomic E-state index is 0. The first-order valence-electron chi connectivity index (χ1n) is 2.68. The zero-order valence-corrected chi connectivity index (χ0v) is 6.47. The summed E-state index contributed by atoms with van der Waals surface area (Å²) in [5.74, 6) is 0.722. The lowest BCUT2D eigenvalue weighted by Gasteiger charge is -1.93. The van der Waals surface area contributed by atoms with Gasteiger partial charge in [0.2, 0.25) is 0 Å². The highest BCUT2D eigenvalue weighted by Gasteiger charge is 1.88. The van der Waals surface area contributed by atoms with Crippen molar-refractivity contribution in [2.45, 2.75) is 6.61 Å². The summed E-state index contributed by atoms with van der Waals surface area (Å²) in [7, 11) is 1.62. The molecule has 0 N–H and O–H groups in total. The smallest absolute Gasteiger partial charge is 0.153 e. The molecule has 0 aliphatic carbocycles. The van der Waals surface area contributed by atoms with Gasteiger partial charge in [-0.3, -0.25) is 0 Å². The number of halogens is 1. The predicted molar refractivity (Wildman–Crippen MR) is 40.0 cm³/mol. The maximum Gasteiger partial charge on any atom is 0.153 e. The molecule has 0 aliphatic heterocycles. The van der Waals surface area contributed by atoms with Crippen molar-refractivity contribution >= 4 is 12.4 Å². The zero-order chi connectivity index (χ0) is 6.53. The van der Waals surface area contributed by atoms with Gasteiger partial charge in [-0.05, 0) is 6.07 Å². The molecule has 1 rings (SSSR count). The zero-order valence-electron chi connectivity index (χ0n) is 5.65. The molecule has 0 spiro atoms. The van der Waals surface area contributed by atoms with Crippen molar-refractivity contribution < 1.29 is 4.74 Å². The SMILES string of the molecule is COCc1ncccn1.Cl. The molecule has 0 amide bonds. The van der Waals surface area contributed by atoms with E-state index < -0.39 is 0 Å². The first-order chi connectivity index (χ1) is 4.43. The molecular formula is C6H9ClN2O. The Morgan fingerprint density at radius 1 is 1.40 bits per heavy atom. The van der Waals surface area contributed by atoms with Gasteiger partial charge >= 0.3 is 0 Å². The van der Waals surface area contributed by atoms with Gasteiger partial charge in [-0.2, -0.15) is 0 Å². The summed E-state index contributed by atoms with van der Waals surface area (Å²) in [6.07, 6.45) is 3.39. The first kappa shape index (κ1) is 9.33. The van der Waals surface area contributed by atoms with E-state index in [4.69, 9.17) is 4.74 Å². The summed E-state index contributed by atoms with van der Waals surface area (Å²) in [6, 6.07) is 1.78. The maximum absolute atomic E-state index is 4.80. The minimum Gasteiger partial charge on any atom is -0.377 e. The fourth-order valence-corrected chi connectivity index (χ4v) is 0.534. The Hall–Kier alpha value is -0.670. The van der Waals surface area contributed by atoms with Crippen LogP contribution in [0.5, 0.6) is 0 Å². The summed E-state index contributed by atoms with van der Waals surface area (Å²) in [6.45, 7) is 0.487. The van der Waals surface area contributed by atoms with Crippen molar-refractivity contribution in [2.24, 2.45) is 0 Å². The number of hydrogen-bond acceptors (Lipinski definition) is 3. The van der Waals surface area contributed by atoms with Gasteiger partial charge in [0.05, 0.1) is 0 Å². The monoisotopic (exact) mass is 160 g/mol. The van der Waals surface area contributed by atoms with E-state index in [0.717, 1.165) is 5.82 Å². The predicted octanol–water partition coefficient (Wildman–Crippen LogP) is 1.04. The summed E-state index contributed by atoms with van der Waals surface area (Å²) in [4.78, 5) is 7.86. The van der Waals surface area contributed by atoms with Crippen LogP contribution >= 0.6 is 12.4 Å². The normalized spacial score (nSPS) is 8.50. The molecule has 0 aromatic carbocycles. The second-order valence-corrected chi connectivity index (χ2v) is 1.60. The number of aromatic nitrogens is 2. The highest BCUT2D eigenvalue weighted by molar-refractivity contribution is 5.85. The Balaban J connectivity index is 0.000000810. The van der Waals surface area contributed by atoms with Crippen LogP contribution in [0.1, 0.15) is 5.82 Å². The average Bonchev–Trinajstić information content (AvgIpc) is 1.91. The van der Waals surface area contributed by atoms with Gasteiger partial charge in [0, 0.05) is 19.5 Å². The second-order valence-electron chi connectivity index (χ2n) is 1.60. The third-order valence-corrected chi connectivity index (χ3v) is 0.893. The average molecular weight is 161 g/mol. The molecule has 3 nitrogen and oxygen atoms in total. The van der Waals surface area contributed by atoms with Gasteiger partial charge in [0.25, 0.3) is 0 Å². The van der Waals surface area contributed by atoms with E-state index >= 15 is 0 Å². The van der Waals surface area contributed by atoms with Gasteiger partial charge < -0.3 is 4.74 Å². The minimum absolute atomic E-state index is 0. The molecule has 0 atom stereocenters. The molecule has 4 heteroatoms. The molecule has 0 bridgehead atoms. The third kappa shape index (κ3) is 2.75. The molecule has 1 heterocycles. The van der Waals surface area contributed by atoms with Crippen molar-refractivity contribution in [1.29, 1.82) is 0 Å². The number of nitrogens with zero attached hydrogens (tertiary/aromatic N) is 2. The number of methoxy groups -OCH3 is 1. The Morgan fingerprint density at radius 3 is 2.50 bits per heavy atom. The highest BCUT2D eigenvalue weighted by Crippen LogP contribution is 1.87. The van der Waals surface area contributed by atoms with E-state index in [2.05, 4.69) is 9.97 Å². The van der Waals surface area contributed by atoms with Crippen LogP contribution < -0.4 is 0 Å². The fourth-order valence-electron chi connectivity index (χ4n) is 0.534. The lowest BCUT2D eigenvalue weighted by atomic mass is 10.6. The highest BCUT2D eigenvalue weighted by atomic mass is 35.5. The molecule has 0 fully saturated rings. The van der Waals surface area contributed by atoms with Crippen LogP contribution in [-0.4, -0.2) is 17.1 Å². The molecule has 0 unspecified atom stereocenters. The van der Waals surface area contributed by atoms with E-state index in [1.807, 2.05) is 0 Å². The summed E-state index contributed by atoms with van der Waals surface area (Å²) in [5, 5.41) is 0. The molecule has 0 saturated heterocycles. The third-order valence-electron chi connectivity index (χ3n) is 0.893. The number of hydrogen-bond donors (Lipinski definition) is 0. The molecule has 1 aromatic heterocycles. The van der Waals surface area contributed by atoms with Crippen molar-refractivity contribution in [1.82, 2.24) is 9.97 Å². The van der Waals surface area contributed by atoms with Crippen LogP contribution in [0, 0.1) is 0 Å². The Labute approximate surface area is 65.9 Å². The first-order valence-corrected chi connectivity index (χ1v) is 2.68. The molecule has 56 valence electrons. The Morgan fingerprint density at radius 2 is 2.00 bits per heavy atom. The molecule has 10 heavy (non-hydrogen) atoms. The van der Waals surface area contributed by atoms with Gasteiger partial charge in [-0.1, -0.05) is 0 Å². The lowest BCUT2D eigenvalue weighted by molar-refractivity contribution is 0.177. The quantitative estimate of drug-likeness (QED) is 0.649. The molecular weight excluding hydrogens is 152 g/mol. The van der Waals surface area contributed by atoms with Gasteiger partial charge in [0.15, 0.2) is 5.82 Å². The van der Waals surface area contributed by atoms with Gasteiger partial charge in [0.1, 0.15) is 6.61 Å². The van der Waals surface area contributed by atoms with Gasteiger partial charge in [-0.15, -0.1) is 12.4 Å². The van der Waals surface area contributed by atoms with Crippen molar-refractivity contribution in [2.75, 3.05) is 7.11 Å². The number of ether oxygens (including phenoxy) is 1. The molecule has 0 aliphatic rings. The molecule has 0 saturated carbocycles. The number of rotatable bonds is 2. The van der Waals surface area contributed by atoms with E-state index in [-0.39, 0.29) is 12.4 Å². The van der Waals surface area contributed by atoms with Crippen LogP contribution in [0.2, 0.25) is 0 Å². The van der Waals surface area contributed by atoms with Crippen LogP contribution in [0.15, 0.2) is 18.5 Å². The molecule has 1 aromatic rings. The van der Waals surface area contributed by atoms with Gasteiger partial charge in [-0.25, -0.2) is 9.97 Å². The lowest BCUT2D eigenvalue weighted by Crippen LogP contribution is -1.93. The van der Waals surface area contributed by atoms with Crippen molar-refractivity contribution in [3.05, 3.63) is 24.3 Å². The summed E-state index contributed by atoms with van der Waals surface area (Å²) >= 11 is 0. The van der Waals surface area contributed by atoms with Crippen molar-refractivity contribution in [3.8, 4) is 0 Å². The van der Waals surface area contributed by atoms with Crippen molar-refractivity contribution in [3.63, 3.8) is 0 Å². The summed E-state index contributed by atoms with van der Waals surface area (Å²) < 4.78 is 4.80. The van der Waals surface area contributed by atoms with Crippen LogP contribution in [0.4, 0.5) is 0 Å². The Kier molecular flexibility index (Phi) is 4.80. The van der Waals surface area contributed by atoms with Crippen LogP contribution in [0.25, 0.3) is 0 Å². The maximum atomic E-state index is 4.80. The topological polar surface area (TPSA) is 35.0 Å². The van der Waals surface area contributed by atoms with Crippen LogP contribution in [-0.2, 0) is 11.3 Å².